The van der Waals surface area contributed by atoms with Crippen LogP contribution >= 0.6 is 11.3 Å². The molecule has 1 unspecified atom stereocenters. The van der Waals surface area contributed by atoms with Gasteiger partial charge >= 0.3 is 0 Å². The van der Waals surface area contributed by atoms with Gasteiger partial charge in [-0.25, -0.2) is 5.48 Å². The van der Waals surface area contributed by atoms with Gasteiger partial charge in [-0.1, -0.05) is 13.3 Å². The summed E-state index contributed by atoms with van der Waals surface area (Å²) in [5, 5.41) is 0. The van der Waals surface area contributed by atoms with E-state index in [4.69, 9.17) is 10.6 Å². The number of aryl methyl sites for hydroxylation is 1. The van der Waals surface area contributed by atoms with Gasteiger partial charge in [-0.2, -0.15) is 0 Å². The minimum atomic E-state index is -0.614. The molecule has 1 heterocycles. The lowest BCUT2D eigenvalue weighted by Gasteiger charge is -2.19. The van der Waals surface area contributed by atoms with Crippen LogP contribution in [-0.4, -0.2) is 18.4 Å². The first-order valence-electron chi connectivity index (χ1n) is 6.42. The third kappa shape index (κ3) is 3.54. The van der Waals surface area contributed by atoms with E-state index in [0.717, 1.165) is 18.8 Å². The lowest BCUT2D eigenvalue weighted by Crippen LogP contribution is -2.28. The maximum atomic E-state index is 11.8. The van der Waals surface area contributed by atoms with E-state index >= 15 is 0 Å². The van der Waals surface area contributed by atoms with Gasteiger partial charge < -0.3 is 5.73 Å². The predicted molar refractivity (Wildman–Crippen MR) is 72.7 cm³/mol. The molecule has 6 heteroatoms. The number of fused-ring (bicyclic) bond motifs is 1. The van der Waals surface area contributed by atoms with Crippen LogP contribution in [0.25, 0.3) is 0 Å². The van der Waals surface area contributed by atoms with Crippen LogP contribution in [0.1, 0.15) is 39.9 Å². The van der Waals surface area contributed by atoms with E-state index in [2.05, 4.69) is 12.4 Å². The number of hydrogen-bond acceptors (Lipinski definition) is 4. The molecule has 2 amide bonds. The second-order valence-electron chi connectivity index (χ2n) is 4.76. The first-order chi connectivity index (χ1) is 9.10. The molecule has 1 aliphatic carbocycles. The Morgan fingerprint density at radius 3 is 3.05 bits per heavy atom. The maximum Gasteiger partial charge on any atom is 0.284 e. The summed E-state index contributed by atoms with van der Waals surface area (Å²) in [6.45, 7) is 1.89. The minimum Gasteiger partial charge on any atom is -0.368 e. The largest absolute Gasteiger partial charge is 0.368 e. The number of carbonyl (C=O) groups is 2. The number of rotatable bonds is 5. The van der Waals surface area contributed by atoms with E-state index in [1.54, 1.807) is 0 Å². The van der Waals surface area contributed by atoms with Crippen molar-refractivity contribution in [1.29, 1.82) is 0 Å². The monoisotopic (exact) mass is 282 g/mol. The van der Waals surface area contributed by atoms with Gasteiger partial charge in [0.05, 0.1) is 4.88 Å². The molecule has 2 rings (SSSR count). The van der Waals surface area contributed by atoms with Crippen molar-refractivity contribution in [2.75, 3.05) is 6.61 Å². The second kappa shape index (κ2) is 6.16. The summed E-state index contributed by atoms with van der Waals surface area (Å²) < 4.78 is 0. The number of carbonyl (C=O) groups excluding carboxylic acids is 2. The molecule has 19 heavy (non-hydrogen) atoms. The number of thiophene rings is 1. The van der Waals surface area contributed by atoms with Crippen LogP contribution in [0, 0.1) is 5.92 Å². The fourth-order valence-electron chi connectivity index (χ4n) is 2.28. The van der Waals surface area contributed by atoms with Gasteiger partial charge in [-0.15, -0.1) is 11.3 Å². The highest BCUT2D eigenvalue weighted by molar-refractivity contribution is 7.14. The van der Waals surface area contributed by atoms with Crippen molar-refractivity contribution in [3.63, 3.8) is 0 Å². The van der Waals surface area contributed by atoms with Crippen molar-refractivity contribution >= 4 is 23.2 Å². The summed E-state index contributed by atoms with van der Waals surface area (Å²) in [6.07, 6.45) is 4.48. The zero-order valence-electron chi connectivity index (χ0n) is 10.9. The molecule has 0 aliphatic heterocycles. The average molecular weight is 282 g/mol. The third-order valence-corrected chi connectivity index (χ3v) is 4.60. The molecule has 1 atom stereocenters. The molecule has 1 aromatic rings. The molecule has 1 aliphatic rings. The lowest BCUT2D eigenvalue weighted by molar-refractivity contribution is -0.124. The van der Waals surface area contributed by atoms with Gasteiger partial charge in [0.1, 0.15) is 0 Å². The summed E-state index contributed by atoms with van der Waals surface area (Å²) in [7, 11) is 0. The highest BCUT2D eigenvalue weighted by atomic mass is 32.1. The quantitative estimate of drug-likeness (QED) is 0.801. The zero-order valence-corrected chi connectivity index (χ0v) is 11.7. The summed E-state index contributed by atoms with van der Waals surface area (Å²) in [4.78, 5) is 29.0. The molecule has 0 fully saturated rings. The van der Waals surface area contributed by atoms with Crippen molar-refractivity contribution in [1.82, 2.24) is 5.48 Å². The fourth-order valence-corrected chi connectivity index (χ4v) is 3.38. The topological polar surface area (TPSA) is 81.4 Å². The predicted octanol–water partition coefficient (Wildman–Crippen LogP) is 1.41. The molecule has 0 radical (unpaired) electrons. The SMILES string of the molecule is CCC1CCc2sc(C(=O)NOCC(N)=O)cc2C1. The number of nitrogens with one attached hydrogen (secondary N) is 1. The molecule has 5 nitrogen and oxygen atoms in total. The van der Waals surface area contributed by atoms with Gasteiger partial charge in [-0.3, -0.25) is 14.4 Å². The van der Waals surface area contributed by atoms with Crippen molar-refractivity contribution < 1.29 is 14.4 Å². The van der Waals surface area contributed by atoms with Gasteiger partial charge in [0.15, 0.2) is 6.61 Å². The van der Waals surface area contributed by atoms with Crippen LogP contribution in [0.15, 0.2) is 6.07 Å². The van der Waals surface area contributed by atoms with Crippen molar-refractivity contribution in [3.05, 3.63) is 21.4 Å². The summed E-state index contributed by atoms with van der Waals surface area (Å²) in [5.41, 5.74) is 8.43. The van der Waals surface area contributed by atoms with Gasteiger partial charge in [0, 0.05) is 4.88 Å². The van der Waals surface area contributed by atoms with Gasteiger partial charge in [0.25, 0.3) is 5.91 Å². The Kier molecular flexibility index (Phi) is 4.55. The molecule has 0 aromatic carbocycles. The zero-order chi connectivity index (χ0) is 13.8. The van der Waals surface area contributed by atoms with Crippen LogP contribution in [-0.2, 0) is 22.5 Å². The van der Waals surface area contributed by atoms with Crippen molar-refractivity contribution in [3.8, 4) is 0 Å². The Labute approximate surface area is 116 Å². The Morgan fingerprint density at radius 1 is 1.58 bits per heavy atom. The van der Waals surface area contributed by atoms with Crippen LogP contribution in [0.3, 0.4) is 0 Å². The standard InChI is InChI=1S/C13H18N2O3S/c1-2-8-3-4-10-9(5-8)6-11(19-10)13(17)15-18-7-12(14)16/h6,8H,2-5,7H2,1H3,(H2,14,16)(H,15,17). The average Bonchev–Trinajstić information content (AvgIpc) is 2.80. The fraction of sp³-hybridized carbons (Fsp3) is 0.538. The first kappa shape index (κ1) is 14.0. The first-order valence-corrected chi connectivity index (χ1v) is 7.23. The minimum absolute atomic E-state index is 0.311. The molecule has 0 bridgehead atoms. The molecule has 3 N–H and O–H groups in total. The van der Waals surface area contributed by atoms with Crippen LogP contribution in [0.2, 0.25) is 0 Å². The molecular formula is C13H18N2O3S. The van der Waals surface area contributed by atoms with E-state index in [-0.39, 0.29) is 12.5 Å². The highest BCUT2D eigenvalue weighted by Crippen LogP contribution is 2.33. The van der Waals surface area contributed by atoms with E-state index in [9.17, 15) is 9.59 Å². The number of hydroxylamine groups is 1. The number of primary amides is 1. The Bertz CT molecular complexity index is 484. The molecule has 104 valence electrons. The Morgan fingerprint density at radius 2 is 2.37 bits per heavy atom. The number of hydrogen-bond donors (Lipinski definition) is 2. The molecular weight excluding hydrogens is 264 g/mol. The maximum absolute atomic E-state index is 11.8. The van der Waals surface area contributed by atoms with Crippen LogP contribution in [0.4, 0.5) is 0 Å². The summed E-state index contributed by atoms with van der Waals surface area (Å²) in [6, 6.07) is 1.94. The summed E-state index contributed by atoms with van der Waals surface area (Å²) >= 11 is 1.51. The molecule has 0 saturated heterocycles. The van der Waals surface area contributed by atoms with Crippen LogP contribution < -0.4 is 11.2 Å². The summed E-state index contributed by atoms with van der Waals surface area (Å²) in [5.74, 6) is -0.200. The lowest BCUT2D eigenvalue weighted by atomic mass is 9.87. The highest BCUT2D eigenvalue weighted by Gasteiger charge is 2.22. The number of amides is 2. The molecule has 1 aromatic heterocycles. The van der Waals surface area contributed by atoms with Crippen LogP contribution in [0.5, 0.6) is 0 Å². The van der Waals surface area contributed by atoms with E-state index in [1.165, 1.54) is 34.6 Å². The number of nitrogens with two attached hydrogens (primary N) is 1. The van der Waals surface area contributed by atoms with E-state index < -0.39 is 5.91 Å². The smallest absolute Gasteiger partial charge is 0.284 e. The van der Waals surface area contributed by atoms with Crippen molar-refractivity contribution in [2.24, 2.45) is 11.7 Å². The van der Waals surface area contributed by atoms with E-state index in [1.807, 2.05) is 6.07 Å². The van der Waals surface area contributed by atoms with Gasteiger partial charge in [-0.05, 0) is 36.8 Å². The van der Waals surface area contributed by atoms with Crippen molar-refractivity contribution in [2.45, 2.75) is 32.6 Å². The normalized spacial score (nSPS) is 17.8. The van der Waals surface area contributed by atoms with Gasteiger partial charge in [0.2, 0.25) is 5.91 Å². The Hall–Kier alpha value is -1.40. The van der Waals surface area contributed by atoms with E-state index in [0.29, 0.717) is 4.88 Å². The third-order valence-electron chi connectivity index (χ3n) is 3.37. The Balaban J connectivity index is 1.96. The molecule has 0 saturated carbocycles. The molecule has 0 spiro atoms. The second-order valence-corrected chi connectivity index (χ2v) is 5.90.